The number of likely N-dealkylation sites (tertiary alicyclic amines) is 1. The number of nitrogens with one attached hydrogen (secondary N) is 3. The standard InChI is InChI=1S/C25H34N6O4/c1-25(2,3)35-24(33)31-21-10-7-17(12-21)22(31)23(32)27-18(13-26)11-16-5-8-20(9-6-16)30-14-19(15-34-4)28-29-30/h5-6,8-9,14,17-18,21-22,28-29H,7,10-12,15H2,1-4H3,(H,27,32)/t17-,18-,21+,22-/m0/s1. The third-order valence-electron chi connectivity index (χ3n) is 6.51. The average Bonchev–Trinajstić information content (AvgIpc) is 3.54. The lowest BCUT2D eigenvalue weighted by atomic mass is 9.97. The predicted molar refractivity (Wildman–Crippen MR) is 129 cm³/mol. The predicted octanol–water partition coefficient (Wildman–Crippen LogP) is 2.34. The smallest absolute Gasteiger partial charge is 0.411 e. The van der Waals surface area contributed by atoms with Crippen molar-refractivity contribution in [2.45, 2.75) is 70.2 Å². The summed E-state index contributed by atoms with van der Waals surface area (Å²) in [6, 6.07) is 8.66. The summed E-state index contributed by atoms with van der Waals surface area (Å²) < 4.78 is 10.7. The van der Waals surface area contributed by atoms with E-state index in [0.717, 1.165) is 36.2 Å². The average molecular weight is 483 g/mol. The first-order valence-electron chi connectivity index (χ1n) is 12.0. The summed E-state index contributed by atoms with van der Waals surface area (Å²) in [6.45, 7) is 5.92. The van der Waals surface area contributed by atoms with E-state index in [9.17, 15) is 14.9 Å². The summed E-state index contributed by atoms with van der Waals surface area (Å²) in [6.07, 6.45) is 4.40. The molecule has 3 N–H and O–H groups in total. The number of carbonyl (C=O) groups excluding carboxylic acids is 2. The maximum absolute atomic E-state index is 13.2. The van der Waals surface area contributed by atoms with Gasteiger partial charge >= 0.3 is 6.09 Å². The van der Waals surface area contributed by atoms with Gasteiger partial charge in [0, 0.05) is 25.8 Å². The largest absolute Gasteiger partial charge is 0.444 e. The van der Waals surface area contributed by atoms with Gasteiger partial charge in [-0.2, -0.15) is 5.26 Å². The molecular weight excluding hydrogens is 448 g/mol. The molecule has 188 valence electrons. The van der Waals surface area contributed by atoms with Crippen molar-refractivity contribution in [3.63, 3.8) is 0 Å². The zero-order valence-electron chi connectivity index (χ0n) is 20.7. The van der Waals surface area contributed by atoms with Crippen LogP contribution in [0.4, 0.5) is 10.5 Å². The summed E-state index contributed by atoms with van der Waals surface area (Å²) >= 11 is 0. The number of ether oxygens (including phenoxy) is 2. The van der Waals surface area contributed by atoms with Gasteiger partial charge in [-0.1, -0.05) is 12.1 Å². The van der Waals surface area contributed by atoms with Gasteiger partial charge in [0.15, 0.2) is 0 Å². The van der Waals surface area contributed by atoms with E-state index in [1.54, 1.807) is 12.0 Å². The van der Waals surface area contributed by atoms with Crippen LogP contribution in [-0.4, -0.2) is 54.3 Å². The van der Waals surface area contributed by atoms with E-state index in [-0.39, 0.29) is 17.9 Å². The van der Waals surface area contributed by atoms with Crippen LogP contribution in [0.3, 0.4) is 0 Å². The molecule has 2 aliphatic heterocycles. The van der Waals surface area contributed by atoms with Gasteiger partial charge in [0.2, 0.25) is 5.91 Å². The number of rotatable bonds is 7. The maximum Gasteiger partial charge on any atom is 0.411 e. The van der Waals surface area contributed by atoms with Crippen molar-refractivity contribution in [1.29, 1.82) is 5.26 Å². The van der Waals surface area contributed by atoms with Crippen molar-refractivity contribution in [1.82, 2.24) is 21.2 Å². The molecule has 2 fully saturated rings. The van der Waals surface area contributed by atoms with Crippen LogP contribution in [0.2, 0.25) is 0 Å². The number of piperidine rings is 1. The molecule has 2 amide bonds. The van der Waals surface area contributed by atoms with Crippen molar-refractivity contribution in [2.75, 3.05) is 18.7 Å². The molecule has 1 saturated heterocycles. The molecule has 35 heavy (non-hydrogen) atoms. The highest BCUT2D eigenvalue weighted by atomic mass is 16.6. The van der Waals surface area contributed by atoms with Crippen molar-refractivity contribution >= 4 is 17.7 Å². The number of hydrazine groups is 2. The summed E-state index contributed by atoms with van der Waals surface area (Å²) in [4.78, 5) is 27.7. The number of nitriles is 1. The Morgan fingerprint density at radius 1 is 1.26 bits per heavy atom. The zero-order valence-corrected chi connectivity index (χ0v) is 20.7. The molecule has 4 atom stereocenters. The summed E-state index contributed by atoms with van der Waals surface area (Å²) in [5.74, 6) is -0.182. The number of hydrogen-bond donors (Lipinski definition) is 3. The zero-order chi connectivity index (χ0) is 25.2. The molecule has 0 unspecified atom stereocenters. The third kappa shape index (κ3) is 5.69. The van der Waals surface area contributed by atoms with Crippen LogP contribution in [-0.2, 0) is 20.7 Å². The van der Waals surface area contributed by atoms with E-state index < -0.39 is 23.8 Å². The molecule has 2 heterocycles. The topological polar surface area (TPSA) is 119 Å². The van der Waals surface area contributed by atoms with Crippen molar-refractivity contribution in [2.24, 2.45) is 5.92 Å². The highest BCUT2D eigenvalue weighted by Crippen LogP contribution is 2.43. The number of hydrogen-bond acceptors (Lipinski definition) is 8. The van der Waals surface area contributed by atoms with E-state index in [0.29, 0.717) is 13.0 Å². The lowest BCUT2D eigenvalue weighted by molar-refractivity contribution is -0.128. The van der Waals surface area contributed by atoms with Crippen molar-refractivity contribution in [3.05, 3.63) is 41.7 Å². The first kappa shape index (κ1) is 24.8. The second kappa shape index (κ2) is 10.1. The van der Waals surface area contributed by atoms with Gasteiger partial charge in [-0.3, -0.25) is 14.7 Å². The molecule has 3 aliphatic rings. The monoisotopic (exact) mass is 482 g/mol. The van der Waals surface area contributed by atoms with Crippen LogP contribution in [0.5, 0.6) is 0 Å². The molecule has 0 radical (unpaired) electrons. The van der Waals surface area contributed by atoms with Crippen LogP contribution in [0.1, 0.15) is 45.6 Å². The van der Waals surface area contributed by atoms with E-state index in [1.165, 1.54) is 0 Å². The molecular formula is C25H34N6O4. The highest BCUT2D eigenvalue weighted by molar-refractivity contribution is 5.87. The fourth-order valence-electron chi connectivity index (χ4n) is 5.04. The number of benzene rings is 1. The molecule has 2 bridgehead atoms. The minimum absolute atomic E-state index is 0.0193. The van der Waals surface area contributed by atoms with Gasteiger partial charge in [0.1, 0.15) is 17.7 Å². The van der Waals surface area contributed by atoms with Gasteiger partial charge in [-0.15, -0.1) is 5.53 Å². The number of anilines is 1. The maximum atomic E-state index is 13.2. The first-order valence-corrected chi connectivity index (χ1v) is 12.0. The Kier molecular flexibility index (Phi) is 7.19. The Bertz CT molecular complexity index is 1010. The molecule has 0 spiro atoms. The van der Waals surface area contributed by atoms with Gasteiger partial charge in [-0.25, -0.2) is 4.79 Å². The van der Waals surface area contributed by atoms with Crippen LogP contribution < -0.4 is 21.3 Å². The molecule has 1 aliphatic carbocycles. The molecule has 4 rings (SSSR count). The van der Waals surface area contributed by atoms with Crippen LogP contribution >= 0.6 is 0 Å². The normalized spacial score (nSPS) is 24.0. The number of methoxy groups -OCH3 is 1. The molecule has 0 aromatic heterocycles. The highest BCUT2D eigenvalue weighted by Gasteiger charge is 2.52. The van der Waals surface area contributed by atoms with Gasteiger partial charge < -0.3 is 20.2 Å². The molecule has 1 aromatic carbocycles. The van der Waals surface area contributed by atoms with Crippen LogP contribution in [0.15, 0.2) is 36.2 Å². The third-order valence-corrected chi connectivity index (χ3v) is 6.51. The summed E-state index contributed by atoms with van der Waals surface area (Å²) in [7, 11) is 1.64. The van der Waals surface area contributed by atoms with Gasteiger partial charge in [-0.05, 0) is 63.6 Å². The fraction of sp³-hybridized carbons (Fsp3) is 0.560. The summed E-state index contributed by atoms with van der Waals surface area (Å²) in [5.41, 5.74) is 8.18. The SMILES string of the molecule is COCC1=CN(c2ccc(C[C@@H](C#N)NC(=O)[C@@H]3[C@H]4CC[C@H](C4)N3C(=O)OC(C)(C)C)cc2)NN1. The number of amides is 2. The second-order valence-electron chi connectivity index (χ2n) is 10.3. The lowest BCUT2D eigenvalue weighted by Crippen LogP contribution is -2.55. The van der Waals surface area contributed by atoms with E-state index in [1.807, 2.05) is 56.2 Å². The second-order valence-corrected chi connectivity index (χ2v) is 10.3. The Hall–Kier alpha value is -3.29. The Labute approximate surface area is 206 Å². The Morgan fingerprint density at radius 3 is 2.66 bits per heavy atom. The lowest BCUT2D eigenvalue weighted by Gasteiger charge is -2.35. The van der Waals surface area contributed by atoms with Crippen LogP contribution in [0.25, 0.3) is 0 Å². The molecule has 10 nitrogen and oxygen atoms in total. The minimum Gasteiger partial charge on any atom is -0.444 e. The Balaban J connectivity index is 1.38. The van der Waals surface area contributed by atoms with Crippen molar-refractivity contribution in [3.8, 4) is 6.07 Å². The van der Waals surface area contributed by atoms with Gasteiger partial charge in [0.05, 0.1) is 24.1 Å². The van der Waals surface area contributed by atoms with E-state index in [4.69, 9.17) is 9.47 Å². The molecule has 1 aromatic rings. The van der Waals surface area contributed by atoms with Crippen molar-refractivity contribution < 1.29 is 19.1 Å². The fourth-order valence-corrected chi connectivity index (χ4v) is 5.04. The quantitative estimate of drug-likeness (QED) is 0.542. The summed E-state index contributed by atoms with van der Waals surface area (Å²) in [5, 5.41) is 14.4. The van der Waals surface area contributed by atoms with E-state index in [2.05, 4.69) is 22.3 Å². The van der Waals surface area contributed by atoms with Gasteiger partial charge in [0.25, 0.3) is 0 Å². The van der Waals surface area contributed by atoms with E-state index >= 15 is 0 Å². The number of fused-ring (bicyclic) bond motifs is 2. The first-order chi connectivity index (χ1) is 16.7. The molecule has 1 saturated carbocycles. The minimum atomic E-state index is -0.701. The Morgan fingerprint density at radius 2 is 2.00 bits per heavy atom. The molecule has 10 heteroatoms. The van der Waals surface area contributed by atoms with Crippen LogP contribution in [0, 0.1) is 17.2 Å². The number of carbonyl (C=O) groups is 2. The number of nitrogens with zero attached hydrogens (tertiary/aromatic N) is 3.